The number of nitrogens with one attached hydrogen (secondary N) is 1. The Hall–Kier alpha value is -1.24. The molecule has 0 aliphatic carbocycles. The summed E-state index contributed by atoms with van der Waals surface area (Å²) in [5.74, 6) is 0. The molecule has 0 radical (unpaired) electrons. The molecule has 2 rings (SSSR count). The van der Waals surface area contributed by atoms with Crippen molar-refractivity contribution >= 4 is 17.3 Å². The van der Waals surface area contributed by atoms with Crippen LogP contribution in [0.5, 0.6) is 0 Å². The molecule has 0 amide bonds. The fraction of sp³-hybridized carbons (Fsp3) is 0.533. The number of benzene rings is 1. The highest BCUT2D eigenvalue weighted by Gasteiger charge is 2.31. The first-order chi connectivity index (χ1) is 9.06. The van der Waals surface area contributed by atoms with Gasteiger partial charge in [0.05, 0.1) is 27.9 Å². The lowest BCUT2D eigenvalue weighted by Crippen LogP contribution is -2.41. The molecule has 2 atom stereocenters. The van der Waals surface area contributed by atoms with E-state index in [-0.39, 0.29) is 5.60 Å². The number of nitrogens with zero attached hydrogens (tertiary/aromatic N) is 1. The van der Waals surface area contributed by atoms with Gasteiger partial charge in [-0.2, -0.15) is 5.26 Å². The smallest absolute Gasteiger partial charge is 0.0992 e. The van der Waals surface area contributed by atoms with E-state index in [4.69, 9.17) is 21.6 Å². The first kappa shape index (κ1) is 14.2. The molecule has 1 heterocycles. The Morgan fingerprint density at radius 3 is 3.05 bits per heavy atom. The summed E-state index contributed by atoms with van der Waals surface area (Å²) < 4.78 is 5.83. The van der Waals surface area contributed by atoms with Gasteiger partial charge in [-0.25, -0.2) is 0 Å². The van der Waals surface area contributed by atoms with Gasteiger partial charge in [-0.1, -0.05) is 18.5 Å². The molecule has 1 fully saturated rings. The van der Waals surface area contributed by atoms with Crippen molar-refractivity contribution in [3.63, 3.8) is 0 Å². The summed E-state index contributed by atoms with van der Waals surface area (Å²) in [6.45, 7) is 5.05. The average Bonchev–Trinajstić information content (AvgIpc) is 2.41. The second kappa shape index (κ2) is 5.81. The Morgan fingerprint density at radius 2 is 2.37 bits per heavy atom. The Labute approximate surface area is 119 Å². The van der Waals surface area contributed by atoms with Crippen LogP contribution < -0.4 is 5.32 Å². The standard InChI is InChI=1S/C15H19ClN2O/c1-3-15(2)9-12(6-7-19-15)18-14-8-11(10-17)4-5-13(14)16/h4-5,8,12,18H,3,6-7,9H2,1-2H3. The molecule has 0 aromatic heterocycles. The molecule has 0 bridgehead atoms. The van der Waals surface area contributed by atoms with Gasteiger partial charge in [0.25, 0.3) is 0 Å². The Bertz CT molecular complexity index is 497. The topological polar surface area (TPSA) is 45.0 Å². The largest absolute Gasteiger partial charge is 0.381 e. The summed E-state index contributed by atoms with van der Waals surface area (Å²) in [6.07, 6.45) is 2.91. The molecule has 1 saturated heterocycles. The number of nitriles is 1. The molecule has 1 aliphatic heterocycles. The number of rotatable bonds is 3. The van der Waals surface area contributed by atoms with Gasteiger partial charge < -0.3 is 10.1 Å². The van der Waals surface area contributed by atoms with Crippen molar-refractivity contribution in [1.82, 2.24) is 0 Å². The van der Waals surface area contributed by atoms with Crippen LogP contribution >= 0.6 is 11.6 Å². The van der Waals surface area contributed by atoms with Gasteiger partial charge in [0, 0.05) is 12.6 Å². The van der Waals surface area contributed by atoms with Gasteiger partial charge in [-0.15, -0.1) is 0 Å². The lowest BCUT2D eigenvalue weighted by molar-refractivity contribution is -0.0708. The summed E-state index contributed by atoms with van der Waals surface area (Å²) in [4.78, 5) is 0. The number of hydrogen-bond acceptors (Lipinski definition) is 3. The number of anilines is 1. The first-order valence-electron chi connectivity index (χ1n) is 6.66. The molecular formula is C15H19ClN2O. The summed E-state index contributed by atoms with van der Waals surface area (Å²) in [7, 11) is 0. The van der Waals surface area contributed by atoms with E-state index in [1.807, 2.05) is 0 Å². The Morgan fingerprint density at radius 1 is 1.58 bits per heavy atom. The molecule has 0 saturated carbocycles. The third-order valence-corrected chi connectivity index (χ3v) is 4.13. The third-order valence-electron chi connectivity index (χ3n) is 3.80. The summed E-state index contributed by atoms with van der Waals surface area (Å²) in [6, 6.07) is 7.78. The van der Waals surface area contributed by atoms with Crippen LogP contribution in [0, 0.1) is 11.3 Å². The van der Waals surface area contributed by atoms with Crippen LogP contribution in [0.2, 0.25) is 5.02 Å². The normalized spacial score (nSPS) is 26.7. The van der Waals surface area contributed by atoms with Crippen LogP contribution in [-0.4, -0.2) is 18.2 Å². The second-order valence-electron chi connectivity index (χ2n) is 5.29. The lowest BCUT2D eigenvalue weighted by atomic mass is 9.90. The number of ether oxygens (including phenoxy) is 1. The van der Waals surface area contributed by atoms with E-state index in [1.54, 1.807) is 18.2 Å². The van der Waals surface area contributed by atoms with E-state index in [0.29, 0.717) is 16.6 Å². The molecule has 0 spiro atoms. The molecule has 1 aliphatic rings. The van der Waals surface area contributed by atoms with Gasteiger partial charge in [0.15, 0.2) is 0 Å². The van der Waals surface area contributed by atoms with Crippen molar-refractivity contribution in [3.05, 3.63) is 28.8 Å². The zero-order valence-electron chi connectivity index (χ0n) is 11.4. The summed E-state index contributed by atoms with van der Waals surface area (Å²) in [5, 5.41) is 13.0. The van der Waals surface area contributed by atoms with E-state index in [0.717, 1.165) is 31.6 Å². The highest BCUT2D eigenvalue weighted by atomic mass is 35.5. The summed E-state index contributed by atoms with van der Waals surface area (Å²) in [5.41, 5.74) is 1.40. The molecule has 3 nitrogen and oxygen atoms in total. The van der Waals surface area contributed by atoms with E-state index in [2.05, 4.69) is 25.2 Å². The Kier molecular flexibility index (Phi) is 4.34. The van der Waals surface area contributed by atoms with Crippen molar-refractivity contribution < 1.29 is 4.74 Å². The van der Waals surface area contributed by atoms with Crippen LogP contribution in [0.15, 0.2) is 18.2 Å². The minimum atomic E-state index is -0.0603. The summed E-state index contributed by atoms with van der Waals surface area (Å²) >= 11 is 6.17. The molecular weight excluding hydrogens is 260 g/mol. The first-order valence-corrected chi connectivity index (χ1v) is 7.04. The van der Waals surface area contributed by atoms with Gasteiger partial charge in [0.1, 0.15) is 0 Å². The van der Waals surface area contributed by atoms with Crippen LogP contribution in [0.3, 0.4) is 0 Å². The van der Waals surface area contributed by atoms with Crippen LogP contribution in [-0.2, 0) is 4.74 Å². The maximum Gasteiger partial charge on any atom is 0.0992 e. The number of hydrogen-bond donors (Lipinski definition) is 1. The molecule has 19 heavy (non-hydrogen) atoms. The van der Waals surface area contributed by atoms with Crippen LogP contribution in [0.25, 0.3) is 0 Å². The van der Waals surface area contributed by atoms with Crippen LogP contribution in [0.1, 0.15) is 38.7 Å². The van der Waals surface area contributed by atoms with Gasteiger partial charge in [-0.3, -0.25) is 0 Å². The zero-order chi connectivity index (χ0) is 13.9. The van der Waals surface area contributed by atoms with Gasteiger partial charge in [0.2, 0.25) is 0 Å². The molecule has 4 heteroatoms. The van der Waals surface area contributed by atoms with Gasteiger partial charge >= 0.3 is 0 Å². The predicted octanol–water partition coefficient (Wildman–Crippen LogP) is 3.97. The maximum atomic E-state index is 8.94. The quantitative estimate of drug-likeness (QED) is 0.910. The molecule has 2 unspecified atom stereocenters. The van der Waals surface area contributed by atoms with Crippen molar-refractivity contribution in [1.29, 1.82) is 5.26 Å². The SMILES string of the molecule is CCC1(C)CC(Nc2cc(C#N)ccc2Cl)CCO1. The predicted molar refractivity (Wildman–Crippen MR) is 77.5 cm³/mol. The fourth-order valence-electron chi connectivity index (χ4n) is 2.42. The van der Waals surface area contributed by atoms with E-state index >= 15 is 0 Å². The minimum absolute atomic E-state index is 0.0603. The highest BCUT2D eigenvalue weighted by Crippen LogP contribution is 2.31. The van der Waals surface area contributed by atoms with Crippen molar-refractivity contribution in [2.24, 2.45) is 0 Å². The van der Waals surface area contributed by atoms with Crippen molar-refractivity contribution in [2.45, 2.75) is 44.8 Å². The average molecular weight is 279 g/mol. The van der Waals surface area contributed by atoms with Crippen LogP contribution in [0.4, 0.5) is 5.69 Å². The second-order valence-corrected chi connectivity index (χ2v) is 5.70. The highest BCUT2D eigenvalue weighted by molar-refractivity contribution is 6.33. The van der Waals surface area contributed by atoms with E-state index < -0.39 is 0 Å². The maximum absolute atomic E-state index is 8.94. The van der Waals surface area contributed by atoms with Crippen molar-refractivity contribution in [3.8, 4) is 6.07 Å². The monoisotopic (exact) mass is 278 g/mol. The van der Waals surface area contributed by atoms with E-state index in [9.17, 15) is 0 Å². The van der Waals surface area contributed by atoms with Gasteiger partial charge in [-0.05, 0) is 44.4 Å². The van der Waals surface area contributed by atoms with E-state index in [1.165, 1.54) is 0 Å². The number of halogens is 1. The molecule has 1 N–H and O–H groups in total. The van der Waals surface area contributed by atoms with Crippen molar-refractivity contribution in [2.75, 3.05) is 11.9 Å². The fourth-order valence-corrected chi connectivity index (χ4v) is 2.60. The third kappa shape index (κ3) is 3.40. The Balaban J connectivity index is 2.11. The molecule has 102 valence electrons. The lowest BCUT2D eigenvalue weighted by Gasteiger charge is -2.38. The molecule has 1 aromatic carbocycles. The zero-order valence-corrected chi connectivity index (χ0v) is 12.1. The molecule has 1 aromatic rings. The minimum Gasteiger partial charge on any atom is -0.381 e.